The molecule has 0 fully saturated rings. The Morgan fingerprint density at radius 2 is 2.09 bits per heavy atom. The first-order valence-corrected chi connectivity index (χ1v) is 8.12. The summed E-state index contributed by atoms with van der Waals surface area (Å²) in [5.41, 5.74) is 5.92. The number of benzene rings is 1. The molecular formula is C15H19N3O3S. The molecule has 1 unspecified atom stereocenters. The molecule has 0 aliphatic carbocycles. The van der Waals surface area contributed by atoms with E-state index in [4.69, 9.17) is 15.2 Å². The highest BCUT2D eigenvalue weighted by Crippen LogP contribution is 2.37. The molecule has 0 bridgehead atoms. The van der Waals surface area contributed by atoms with Crippen LogP contribution in [0.3, 0.4) is 0 Å². The van der Waals surface area contributed by atoms with Crippen molar-refractivity contribution < 1.29 is 14.3 Å². The van der Waals surface area contributed by atoms with E-state index in [0.717, 1.165) is 22.4 Å². The van der Waals surface area contributed by atoms with Crippen LogP contribution in [0.4, 0.5) is 5.13 Å². The molecule has 0 spiro atoms. The summed E-state index contributed by atoms with van der Waals surface area (Å²) in [6.07, 6.45) is 1.47. The fourth-order valence-electron chi connectivity index (χ4n) is 2.39. The van der Waals surface area contributed by atoms with Gasteiger partial charge in [-0.2, -0.15) is 0 Å². The maximum Gasteiger partial charge on any atom is 0.245 e. The Morgan fingerprint density at radius 3 is 2.77 bits per heavy atom. The molecular weight excluding hydrogens is 302 g/mol. The molecule has 2 heterocycles. The second-order valence-electron chi connectivity index (χ2n) is 5.60. The van der Waals surface area contributed by atoms with Crippen LogP contribution in [0.1, 0.15) is 26.7 Å². The minimum Gasteiger partial charge on any atom is -0.486 e. The Hall–Kier alpha value is -1.86. The number of carbonyl (C=O) groups excluding carboxylic acids is 1. The molecule has 7 heteroatoms. The normalized spacial score (nSPS) is 16.3. The molecule has 0 saturated carbocycles. The van der Waals surface area contributed by atoms with Gasteiger partial charge in [-0.3, -0.25) is 4.79 Å². The number of nitrogens with two attached hydrogens (primary N) is 1. The standard InChI is InChI=1S/C15H19N3O3S/c1-3-4-15(2,16)13(19)18-14-17-9-7-10-11(8-12(9)22-14)21-6-5-20-10/h7-8H,3-6,16H2,1-2H3,(H,17,18,19). The second-order valence-corrected chi connectivity index (χ2v) is 6.63. The number of nitrogens with zero attached hydrogens (tertiary/aromatic N) is 1. The fourth-order valence-corrected chi connectivity index (χ4v) is 3.26. The zero-order valence-electron chi connectivity index (χ0n) is 12.6. The number of ether oxygens (including phenoxy) is 2. The molecule has 0 radical (unpaired) electrons. The van der Waals surface area contributed by atoms with Crippen LogP contribution in [-0.4, -0.2) is 29.6 Å². The summed E-state index contributed by atoms with van der Waals surface area (Å²) in [6, 6.07) is 3.73. The van der Waals surface area contributed by atoms with Crippen molar-refractivity contribution in [3.63, 3.8) is 0 Å². The van der Waals surface area contributed by atoms with Crippen LogP contribution >= 0.6 is 11.3 Å². The van der Waals surface area contributed by atoms with Crippen LogP contribution in [0.15, 0.2) is 12.1 Å². The van der Waals surface area contributed by atoms with Crippen molar-refractivity contribution in [2.24, 2.45) is 5.73 Å². The molecule has 6 nitrogen and oxygen atoms in total. The number of fused-ring (bicyclic) bond motifs is 2. The smallest absolute Gasteiger partial charge is 0.245 e. The number of carbonyl (C=O) groups is 1. The average molecular weight is 321 g/mol. The average Bonchev–Trinajstić information content (AvgIpc) is 2.85. The van der Waals surface area contributed by atoms with Crippen LogP contribution < -0.4 is 20.5 Å². The van der Waals surface area contributed by atoms with Crippen LogP contribution in [0.5, 0.6) is 11.5 Å². The first-order valence-electron chi connectivity index (χ1n) is 7.30. The number of hydrogen-bond acceptors (Lipinski definition) is 6. The molecule has 0 saturated heterocycles. The van der Waals surface area contributed by atoms with Gasteiger partial charge in [0.25, 0.3) is 0 Å². The van der Waals surface area contributed by atoms with Gasteiger partial charge in [-0.05, 0) is 13.3 Å². The van der Waals surface area contributed by atoms with E-state index >= 15 is 0 Å². The molecule has 118 valence electrons. The van der Waals surface area contributed by atoms with Crippen LogP contribution in [-0.2, 0) is 4.79 Å². The van der Waals surface area contributed by atoms with E-state index in [1.165, 1.54) is 11.3 Å². The SMILES string of the molecule is CCCC(C)(N)C(=O)Nc1nc2cc3c(cc2s1)OCCO3. The molecule has 1 atom stereocenters. The number of anilines is 1. The van der Waals surface area contributed by atoms with Crippen molar-refractivity contribution in [3.8, 4) is 11.5 Å². The monoisotopic (exact) mass is 321 g/mol. The van der Waals surface area contributed by atoms with Crippen molar-refractivity contribution in [2.75, 3.05) is 18.5 Å². The van der Waals surface area contributed by atoms with Gasteiger partial charge in [0, 0.05) is 12.1 Å². The van der Waals surface area contributed by atoms with Crippen molar-refractivity contribution >= 4 is 32.6 Å². The van der Waals surface area contributed by atoms with Crippen molar-refractivity contribution in [3.05, 3.63) is 12.1 Å². The number of rotatable bonds is 4. The van der Waals surface area contributed by atoms with Crippen molar-refractivity contribution in [2.45, 2.75) is 32.2 Å². The fraction of sp³-hybridized carbons (Fsp3) is 0.467. The van der Waals surface area contributed by atoms with E-state index < -0.39 is 5.54 Å². The van der Waals surface area contributed by atoms with Gasteiger partial charge in [-0.15, -0.1) is 0 Å². The van der Waals surface area contributed by atoms with Gasteiger partial charge in [0.1, 0.15) is 13.2 Å². The van der Waals surface area contributed by atoms with E-state index in [0.29, 0.717) is 30.5 Å². The lowest BCUT2D eigenvalue weighted by molar-refractivity contribution is -0.120. The Balaban J connectivity index is 1.84. The molecule has 22 heavy (non-hydrogen) atoms. The molecule has 3 N–H and O–H groups in total. The van der Waals surface area contributed by atoms with Gasteiger partial charge in [0.05, 0.1) is 15.8 Å². The number of hydrogen-bond donors (Lipinski definition) is 2. The Morgan fingerprint density at radius 1 is 1.41 bits per heavy atom. The lowest BCUT2D eigenvalue weighted by Gasteiger charge is -2.21. The predicted octanol–water partition coefficient (Wildman–Crippen LogP) is 2.52. The Bertz CT molecular complexity index is 668. The summed E-state index contributed by atoms with van der Waals surface area (Å²) in [7, 11) is 0. The zero-order chi connectivity index (χ0) is 15.7. The van der Waals surface area contributed by atoms with Gasteiger partial charge in [-0.1, -0.05) is 24.7 Å². The minimum atomic E-state index is -0.891. The molecule has 1 aromatic carbocycles. The Labute approximate surface area is 132 Å². The third kappa shape index (κ3) is 2.86. The van der Waals surface area contributed by atoms with Gasteiger partial charge < -0.3 is 20.5 Å². The summed E-state index contributed by atoms with van der Waals surface area (Å²) in [5.74, 6) is 1.19. The summed E-state index contributed by atoms with van der Waals surface area (Å²) >= 11 is 1.40. The van der Waals surface area contributed by atoms with Crippen LogP contribution in [0.2, 0.25) is 0 Å². The van der Waals surface area contributed by atoms with Crippen molar-refractivity contribution in [1.82, 2.24) is 4.98 Å². The third-order valence-electron chi connectivity index (χ3n) is 3.56. The first kappa shape index (κ1) is 15.1. The van der Waals surface area contributed by atoms with Crippen LogP contribution in [0, 0.1) is 0 Å². The largest absolute Gasteiger partial charge is 0.486 e. The highest BCUT2D eigenvalue weighted by atomic mass is 32.1. The summed E-state index contributed by atoms with van der Waals surface area (Å²) in [5, 5.41) is 3.35. The predicted molar refractivity (Wildman–Crippen MR) is 86.7 cm³/mol. The molecule has 1 aromatic heterocycles. The van der Waals surface area contributed by atoms with E-state index in [1.807, 2.05) is 19.1 Å². The summed E-state index contributed by atoms with van der Waals surface area (Å²) in [6.45, 7) is 4.82. The number of amides is 1. The number of nitrogens with one attached hydrogen (secondary N) is 1. The van der Waals surface area contributed by atoms with Crippen LogP contribution in [0.25, 0.3) is 10.2 Å². The van der Waals surface area contributed by atoms with Gasteiger partial charge in [0.15, 0.2) is 16.6 Å². The zero-order valence-corrected chi connectivity index (χ0v) is 13.5. The number of aromatic nitrogens is 1. The number of thiazole rings is 1. The lowest BCUT2D eigenvalue weighted by atomic mass is 9.97. The molecule has 1 aliphatic rings. The van der Waals surface area contributed by atoms with E-state index in [1.54, 1.807) is 6.92 Å². The van der Waals surface area contributed by atoms with E-state index in [-0.39, 0.29) is 5.91 Å². The highest BCUT2D eigenvalue weighted by molar-refractivity contribution is 7.22. The van der Waals surface area contributed by atoms with Gasteiger partial charge in [0.2, 0.25) is 5.91 Å². The topological polar surface area (TPSA) is 86.5 Å². The van der Waals surface area contributed by atoms with E-state index in [9.17, 15) is 4.79 Å². The third-order valence-corrected chi connectivity index (χ3v) is 4.49. The van der Waals surface area contributed by atoms with Gasteiger partial charge in [-0.25, -0.2) is 4.98 Å². The minimum absolute atomic E-state index is 0.217. The highest BCUT2D eigenvalue weighted by Gasteiger charge is 2.28. The Kier molecular flexibility index (Phi) is 3.92. The quantitative estimate of drug-likeness (QED) is 0.903. The summed E-state index contributed by atoms with van der Waals surface area (Å²) in [4.78, 5) is 16.7. The molecule has 2 aromatic rings. The first-order chi connectivity index (χ1) is 10.5. The second kappa shape index (κ2) is 5.73. The maximum absolute atomic E-state index is 12.2. The van der Waals surface area contributed by atoms with E-state index in [2.05, 4.69) is 10.3 Å². The van der Waals surface area contributed by atoms with Crippen molar-refractivity contribution in [1.29, 1.82) is 0 Å². The van der Waals surface area contributed by atoms with Gasteiger partial charge >= 0.3 is 0 Å². The maximum atomic E-state index is 12.2. The molecule has 3 rings (SSSR count). The lowest BCUT2D eigenvalue weighted by Crippen LogP contribution is -2.48. The molecule has 1 aliphatic heterocycles. The summed E-state index contributed by atoms with van der Waals surface area (Å²) < 4.78 is 12.0. The molecule has 1 amide bonds.